The van der Waals surface area contributed by atoms with Gasteiger partial charge in [0, 0.05) is 38.8 Å². The molecule has 0 bridgehead atoms. The third kappa shape index (κ3) is 3.77. The molecule has 2 saturated heterocycles. The van der Waals surface area contributed by atoms with Crippen LogP contribution in [0.5, 0.6) is 0 Å². The van der Waals surface area contributed by atoms with Crippen LogP contribution in [0.3, 0.4) is 0 Å². The van der Waals surface area contributed by atoms with Gasteiger partial charge in [-0.15, -0.1) is 0 Å². The van der Waals surface area contributed by atoms with Crippen molar-refractivity contribution in [3.05, 3.63) is 0 Å². The summed E-state index contributed by atoms with van der Waals surface area (Å²) in [4.78, 5) is 5.04. The molecule has 6 heteroatoms. The largest absolute Gasteiger partial charge is 0.300 e. The molecule has 3 fully saturated rings. The van der Waals surface area contributed by atoms with Crippen LogP contribution in [0.4, 0.5) is 0 Å². The maximum absolute atomic E-state index is 11.6. The molecule has 0 aromatic heterocycles. The van der Waals surface area contributed by atoms with Gasteiger partial charge in [0.15, 0.2) is 9.84 Å². The molecule has 4 nitrogen and oxygen atoms in total. The smallest absolute Gasteiger partial charge is 0.151 e. The van der Waals surface area contributed by atoms with E-state index in [2.05, 4.69) is 16.1 Å². The molecule has 0 amide bonds. The molecular weight excluding hydrogens is 304 g/mol. The highest BCUT2D eigenvalue weighted by molar-refractivity contribution is 7.98. The fraction of sp³-hybridized carbons (Fsp3) is 1.00. The van der Waals surface area contributed by atoms with E-state index in [1.807, 2.05) is 11.8 Å². The van der Waals surface area contributed by atoms with Gasteiger partial charge in [-0.1, -0.05) is 6.42 Å². The Labute approximate surface area is 133 Å². The number of thioether (sulfide) groups is 1. The lowest BCUT2D eigenvalue weighted by atomic mass is 9.70. The average molecular weight is 333 g/mol. The second-order valence-corrected chi connectivity index (χ2v) is 10.3. The number of hydrogen-bond acceptors (Lipinski definition) is 5. The van der Waals surface area contributed by atoms with Crippen LogP contribution in [0.1, 0.15) is 25.7 Å². The second kappa shape index (κ2) is 6.38. The molecule has 2 aliphatic heterocycles. The first-order chi connectivity index (χ1) is 10.0. The van der Waals surface area contributed by atoms with E-state index in [0.29, 0.717) is 23.0 Å². The van der Waals surface area contributed by atoms with Gasteiger partial charge < -0.3 is 4.90 Å². The van der Waals surface area contributed by atoms with E-state index in [4.69, 9.17) is 0 Å². The molecule has 0 aromatic rings. The van der Waals surface area contributed by atoms with E-state index in [1.165, 1.54) is 31.6 Å². The summed E-state index contributed by atoms with van der Waals surface area (Å²) < 4.78 is 23.2. The van der Waals surface area contributed by atoms with Crippen molar-refractivity contribution < 1.29 is 8.42 Å². The molecule has 3 aliphatic rings. The lowest BCUT2D eigenvalue weighted by Crippen LogP contribution is -2.54. The summed E-state index contributed by atoms with van der Waals surface area (Å²) in [5.74, 6) is 2.09. The summed E-state index contributed by atoms with van der Waals surface area (Å²) in [5.41, 5.74) is 0.582. The number of piperazine rings is 1. The fourth-order valence-corrected chi connectivity index (χ4v) is 6.91. The highest BCUT2D eigenvalue weighted by atomic mass is 32.2. The lowest BCUT2D eigenvalue weighted by Gasteiger charge is -2.47. The molecule has 0 radical (unpaired) electrons. The van der Waals surface area contributed by atoms with Crippen molar-refractivity contribution in [1.82, 2.24) is 9.80 Å². The van der Waals surface area contributed by atoms with Crippen LogP contribution < -0.4 is 0 Å². The monoisotopic (exact) mass is 332 g/mol. The second-order valence-electron chi connectivity index (χ2n) is 7.16. The molecular formula is C15H28N2O2S2. The van der Waals surface area contributed by atoms with Crippen molar-refractivity contribution in [3.8, 4) is 0 Å². The van der Waals surface area contributed by atoms with Crippen LogP contribution in [0.25, 0.3) is 0 Å². The van der Waals surface area contributed by atoms with Gasteiger partial charge in [-0.25, -0.2) is 8.42 Å². The zero-order valence-electron chi connectivity index (χ0n) is 13.1. The van der Waals surface area contributed by atoms with Crippen LogP contribution in [0.15, 0.2) is 0 Å². The Bertz CT molecular complexity index is 454. The molecule has 1 aliphatic carbocycles. The molecule has 0 spiro atoms. The van der Waals surface area contributed by atoms with Crippen LogP contribution in [0, 0.1) is 5.41 Å². The molecule has 0 aromatic carbocycles. The van der Waals surface area contributed by atoms with Crippen LogP contribution >= 0.6 is 11.8 Å². The molecule has 1 unspecified atom stereocenters. The van der Waals surface area contributed by atoms with Crippen molar-refractivity contribution in [3.63, 3.8) is 0 Å². The molecule has 3 rings (SSSR count). The number of sulfone groups is 1. The van der Waals surface area contributed by atoms with Gasteiger partial charge in [0.1, 0.15) is 0 Å². The van der Waals surface area contributed by atoms with Crippen molar-refractivity contribution in [1.29, 1.82) is 0 Å². The van der Waals surface area contributed by atoms with Gasteiger partial charge >= 0.3 is 0 Å². The van der Waals surface area contributed by atoms with Gasteiger partial charge in [0.2, 0.25) is 0 Å². The third-order valence-corrected chi connectivity index (χ3v) is 8.21. The number of nitrogens with zero attached hydrogens (tertiary/aromatic N) is 2. The highest BCUT2D eigenvalue weighted by Crippen LogP contribution is 2.43. The average Bonchev–Trinajstić information content (AvgIpc) is 2.77. The minimum atomic E-state index is -2.75. The molecule has 0 N–H and O–H groups in total. The van der Waals surface area contributed by atoms with Crippen LogP contribution in [0.2, 0.25) is 0 Å². The van der Waals surface area contributed by atoms with Crippen LogP contribution in [-0.2, 0) is 9.84 Å². The van der Waals surface area contributed by atoms with Gasteiger partial charge in [-0.2, -0.15) is 11.8 Å². The van der Waals surface area contributed by atoms with Crippen molar-refractivity contribution >= 4 is 21.6 Å². The Balaban J connectivity index is 1.47. The van der Waals surface area contributed by atoms with E-state index in [0.717, 1.165) is 32.6 Å². The standard InChI is InChI=1S/C15H28N2O2S2/c1-20-13-15(4-2-5-15)12-16-6-8-17(9-7-16)14-3-10-21(18,19)11-14/h14H,2-13H2,1H3. The van der Waals surface area contributed by atoms with E-state index in [-0.39, 0.29) is 0 Å². The van der Waals surface area contributed by atoms with E-state index in [9.17, 15) is 8.42 Å². The maximum atomic E-state index is 11.6. The Morgan fingerprint density at radius 2 is 1.90 bits per heavy atom. The lowest BCUT2D eigenvalue weighted by molar-refractivity contribution is 0.0436. The maximum Gasteiger partial charge on any atom is 0.151 e. The quantitative estimate of drug-likeness (QED) is 0.759. The summed E-state index contributed by atoms with van der Waals surface area (Å²) in [6.45, 7) is 5.59. The minimum Gasteiger partial charge on any atom is -0.300 e. The summed E-state index contributed by atoms with van der Waals surface area (Å²) in [6.07, 6.45) is 7.27. The zero-order chi connectivity index (χ0) is 14.9. The molecule has 122 valence electrons. The summed E-state index contributed by atoms with van der Waals surface area (Å²) in [7, 11) is -2.75. The third-order valence-electron chi connectivity index (χ3n) is 5.56. The first kappa shape index (κ1) is 16.1. The molecule has 2 heterocycles. The first-order valence-electron chi connectivity index (χ1n) is 8.18. The van der Waals surface area contributed by atoms with Crippen molar-refractivity contribution in [2.45, 2.75) is 31.7 Å². The number of rotatable bonds is 5. The molecule has 21 heavy (non-hydrogen) atoms. The Morgan fingerprint density at radius 1 is 1.19 bits per heavy atom. The highest BCUT2D eigenvalue weighted by Gasteiger charge is 2.39. The normalized spacial score (nSPS) is 32.9. The van der Waals surface area contributed by atoms with Crippen molar-refractivity contribution in [2.75, 3.05) is 56.2 Å². The topological polar surface area (TPSA) is 40.6 Å². The van der Waals surface area contributed by atoms with Gasteiger partial charge in [-0.05, 0) is 36.7 Å². The number of hydrogen-bond donors (Lipinski definition) is 0. The Hall–Kier alpha value is 0.220. The fourth-order valence-electron chi connectivity index (χ4n) is 4.16. The SMILES string of the molecule is CSCC1(CN2CCN(C3CCS(=O)(=O)C3)CC2)CCC1. The van der Waals surface area contributed by atoms with E-state index in [1.54, 1.807) is 0 Å². The van der Waals surface area contributed by atoms with Gasteiger partial charge in [0.25, 0.3) is 0 Å². The summed E-state index contributed by atoms with van der Waals surface area (Å²) in [5, 5.41) is 0. The summed E-state index contributed by atoms with van der Waals surface area (Å²) >= 11 is 1.99. The summed E-state index contributed by atoms with van der Waals surface area (Å²) in [6, 6.07) is 0.293. The van der Waals surface area contributed by atoms with Crippen molar-refractivity contribution in [2.24, 2.45) is 5.41 Å². The van der Waals surface area contributed by atoms with E-state index < -0.39 is 9.84 Å². The van der Waals surface area contributed by atoms with Gasteiger partial charge in [0.05, 0.1) is 11.5 Å². The zero-order valence-corrected chi connectivity index (χ0v) is 14.7. The van der Waals surface area contributed by atoms with E-state index >= 15 is 0 Å². The van der Waals surface area contributed by atoms with Crippen LogP contribution in [-0.4, -0.2) is 80.5 Å². The minimum absolute atomic E-state index is 0.293. The predicted molar refractivity (Wildman–Crippen MR) is 89.7 cm³/mol. The molecule has 1 atom stereocenters. The Morgan fingerprint density at radius 3 is 2.38 bits per heavy atom. The Kier molecular flexibility index (Phi) is 4.89. The molecule has 1 saturated carbocycles. The predicted octanol–water partition coefficient (Wildman–Crippen LogP) is 1.32. The van der Waals surface area contributed by atoms with Gasteiger partial charge in [-0.3, -0.25) is 4.90 Å². The first-order valence-corrected chi connectivity index (χ1v) is 11.4.